The second-order valence-corrected chi connectivity index (χ2v) is 6.25. The maximum atomic E-state index is 12.9. The van der Waals surface area contributed by atoms with E-state index in [1.54, 1.807) is 12.1 Å². The van der Waals surface area contributed by atoms with Gasteiger partial charge in [-0.2, -0.15) is 4.98 Å². The van der Waals surface area contributed by atoms with Gasteiger partial charge in [-0.1, -0.05) is 0 Å². The Labute approximate surface area is 145 Å². The predicted molar refractivity (Wildman–Crippen MR) is 90.3 cm³/mol. The molecule has 1 atom stereocenters. The molecule has 134 valence electrons. The number of halogens is 1. The van der Waals surface area contributed by atoms with Crippen molar-refractivity contribution in [1.82, 2.24) is 20.1 Å². The Morgan fingerprint density at radius 2 is 2.20 bits per heavy atom. The number of anilines is 1. The summed E-state index contributed by atoms with van der Waals surface area (Å²) in [6.07, 6.45) is 2.85. The second kappa shape index (κ2) is 7.96. The lowest BCUT2D eigenvalue weighted by Crippen LogP contribution is -2.41. The van der Waals surface area contributed by atoms with Gasteiger partial charge in [0.15, 0.2) is 0 Å². The highest BCUT2D eigenvalue weighted by Crippen LogP contribution is 2.20. The summed E-state index contributed by atoms with van der Waals surface area (Å²) >= 11 is 0. The topological polar surface area (TPSA) is 97.1 Å². The fourth-order valence-corrected chi connectivity index (χ4v) is 2.98. The molecular weight excluding hydrogens is 325 g/mol. The fourth-order valence-electron chi connectivity index (χ4n) is 2.98. The van der Waals surface area contributed by atoms with Crippen molar-refractivity contribution in [1.29, 1.82) is 0 Å². The van der Waals surface area contributed by atoms with Crippen LogP contribution in [0.2, 0.25) is 0 Å². The van der Waals surface area contributed by atoms with Crippen LogP contribution < -0.4 is 10.5 Å². The van der Waals surface area contributed by atoms with Gasteiger partial charge in [-0.3, -0.25) is 9.89 Å². The number of nitrogens with zero attached hydrogens (tertiary/aromatic N) is 3. The number of nitrogens with one attached hydrogen (secondary N) is 1. The van der Waals surface area contributed by atoms with Crippen LogP contribution in [0.15, 0.2) is 24.3 Å². The van der Waals surface area contributed by atoms with E-state index >= 15 is 0 Å². The minimum atomic E-state index is -0.282. The van der Waals surface area contributed by atoms with Gasteiger partial charge in [-0.25, -0.2) is 4.39 Å². The molecular formula is C17H22FN5O2. The normalized spacial score (nSPS) is 17.5. The van der Waals surface area contributed by atoms with E-state index in [1.807, 2.05) is 4.90 Å². The van der Waals surface area contributed by atoms with Crippen LogP contribution in [0.25, 0.3) is 0 Å². The number of ether oxygens (including phenoxy) is 1. The number of amides is 1. The highest BCUT2D eigenvalue weighted by Gasteiger charge is 2.24. The Morgan fingerprint density at radius 1 is 1.40 bits per heavy atom. The summed E-state index contributed by atoms with van der Waals surface area (Å²) in [5.74, 6) is 1.56. The van der Waals surface area contributed by atoms with E-state index < -0.39 is 0 Å². The van der Waals surface area contributed by atoms with Gasteiger partial charge in [0, 0.05) is 31.8 Å². The minimum Gasteiger partial charge on any atom is -0.493 e. The number of likely N-dealkylation sites (tertiary alicyclic amines) is 1. The Bertz CT molecular complexity index is 703. The van der Waals surface area contributed by atoms with Crippen LogP contribution in [0.5, 0.6) is 5.75 Å². The number of hydrogen-bond acceptors (Lipinski definition) is 5. The number of carbonyl (C=O) groups is 1. The Morgan fingerprint density at radius 3 is 2.92 bits per heavy atom. The summed E-state index contributed by atoms with van der Waals surface area (Å²) in [6.45, 7) is 1.97. The summed E-state index contributed by atoms with van der Waals surface area (Å²) in [4.78, 5) is 18.3. The molecule has 2 aromatic rings. The number of aromatic nitrogens is 3. The zero-order chi connectivity index (χ0) is 17.6. The van der Waals surface area contributed by atoms with Crippen LogP contribution in [0.1, 0.15) is 25.1 Å². The molecule has 2 heterocycles. The van der Waals surface area contributed by atoms with Gasteiger partial charge in [0.25, 0.3) is 0 Å². The Hall–Kier alpha value is -2.64. The monoisotopic (exact) mass is 347 g/mol. The molecule has 1 saturated heterocycles. The molecule has 3 N–H and O–H groups in total. The third kappa shape index (κ3) is 4.91. The molecule has 1 amide bonds. The van der Waals surface area contributed by atoms with Crippen molar-refractivity contribution in [3.63, 3.8) is 0 Å². The number of rotatable bonds is 6. The SMILES string of the molecule is Nc1n[nH]c(CCC(=O)N2CCCC(COc3ccc(F)cc3)C2)n1. The van der Waals surface area contributed by atoms with E-state index in [0.29, 0.717) is 37.6 Å². The number of carbonyl (C=O) groups excluding carboxylic acids is 1. The summed E-state index contributed by atoms with van der Waals surface area (Å²) in [7, 11) is 0. The molecule has 3 rings (SSSR count). The van der Waals surface area contributed by atoms with Crippen molar-refractivity contribution in [2.75, 3.05) is 25.4 Å². The first-order valence-corrected chi connectivity index (χ1v) is 8.43. The van der Waals surface area contributed by atoms with E-state index in [9.17, 15) is 9.18 Å². The van der Waals surface area contributed by atoms with E-state index in [-0.39, 0.29) is 23.6 Å². The molecule has 25 heavy (non-hydrogen) atoms. The average Bonchev–Trinajstić information content (AvgIpc) is 3.05. The van der Waals surface area contributed by atoms with Crippen LogP contribution in [0.3, 0.4) is 0 Å². The third-order valence-electron chi connectivity index (χ3n) is 4.30. The smallest absolute Gasteiger partial charge is 0.239 e. The number of benzene rings is 1. The van der Waals surface area contributed by atoms with Crippen LogP contribution in [0.4, 0.5) is 10.3 Å². The molecule has 1 aromatic heterocycles. The average molecular weight is 347 g/mol. The number of aromatic amines is 1. The first kappa shape index (κ1) is 17.2. The van der Waals surface area contributed by atoms with Gasteiger partial charge in [0.1, 0.15) is 17.4 Å². The summed E-state index contributed by atoms with van der Waals surface area (Å²) in [6, 6.07) is 5.99. The van der Waals surface area contributed by atoms with Gasteiger partial charge in [0.05, 0.1) is 6.61 Å². The molecule has 1 aliphatic heterocycles. The van der Waals surface area contributed by atoms with E-state index in [2.05, 4.69) is 15.2 Å². The maximum absolute atomic E-state index is 12.9. The van der Waals surface area contributed by atoms with Crippen molar-refractivity contribution in [3.8, 4) is 5.75 Å². The lowest BCUT2D eigenvalue weighted by Gasteiger charge is -2.32. The van der Waals surface area contributed by atoms with Crippen LogP contribution in [-0.4, -0.2) is 45.7 Å². The first-order chi connectivity index (χ1) is 12.1. The quantitative estimate of drug-likeness (QED) is 0.830. The molecule has 1 unspecified atom stereocenters. The fraction of sp³-hybridized carbons (Fsp3) is 0.471. The zero-order valence-electron chi connectivity index (χ0n) is 13.9. The lowest BCUT2D eigenvalue weighted by atomic mass is 9.98. The van der Waals surface area contributed by atoms with E-state index in [1.165, 1.54) is 12.1 Å². The van der Waals surface area contributed by atoms with Gasteiger partial charge in [-0.15, -0.1) is 5.10 Å². The van der Waals surface area contributed by atoms with Gasteiger partial charge in [0.2, 0.25) is 11.9 Å². The molecule has 7 nitrogen and oxygen atoms in total. The highest BCUT2D eigenvalue weighted by atomic mass is 19.1. The predicted octanol–water partition coefficient (Wildman–Crippen LogP) is 1.78. The highest BCUT2D eigenvalue weighted by molar-refractivity contribution is 5.76. The standard InChI is InChI=1S/C17H22FN5O2/c18-13-3-5-14(6-4-13)25-11-12-2-1-9-23(10-12)16(24)8-7-15-20-17(19)22-21-15/h3-6,12H,1-2,7-11H2,(H3,19,20,21,22). The number of hydrogen-bond donors (Lipinski definition) is 2. The summed E-state index contributed by atoms with van der Waals surface area (Å²) < 4.78 is 18.6. The van der Waals surface area contributed by atoms with Crippen molar-refractivity contribution in [2.24, 2.45) is 5.92 Å². The van der Waals surface area contributed by atoms with Crippen LogP contribution in [-0.2, 0) is 11.2 Å². The molecule has 0 aliphatic carbocycles. The maximum Gasteiger partial charge on any atom is 0.239 e. The van der Waals surface area contributed by atoms with Crippen molar-refractivity contribution < 1.29 is 13.9 Å². The number of piperidine rings is 1. The number of nitrogen functional groups attached to an aromatic ring is 1. The molecule has 1 aliphatic rings. The van der Waals surface area contributed by atoms with E-state index in [4.69, 9.17) is 10.5 Å². The Balaban J connectivity index is 1.45. The van der Waals surface area contributed by atoms with Gasteiger partial charge in [-0.05, 0) is 37.1 Å². The van der Waals surface area contributed by atoms with Crippen LogP contribution in [0, 0.1) is 11.7 Å². The molecule has 0 radical (unpaired) electrons. The zero-order valence-corrected chi connectivity index (χ0v) is 13.9. The van der Waals surface area contributed by atoms with Gasteiger partial charge < -0.3 is 15.4 Å². The minimum absolute atomic E-state index is 0.0986. The molecule has 8 heteroatoms. The van der Waals surface area contributed by atoms with Crippen LogP contribution >= 0.6 is 0 Å². The van der Waals surface area contributed by atoms with Crippen molar-refractivity contribution >= 4 is 11.9 Å². The number of nitrogens with two attached hydrogens (primary N) is 1. The largest absolute Gasteiger partial charge is 0.493 e. The Kier molecular flexibility index (Phi) is 5.47. The molecule has 0 spiro atoms. The number of H-pyrrole nitrogens is 1. The summed E-state index contributed by atoms with van der Waals surface area (Å²) in [5, 5.41) is 6.47. The van der Waals surface area contributed by atoms with Crippen molar-refractivity contribution in [2.45, 2.75) is 25.7 Å². The second-order valence-electron chi connectivity index (χ2n) is 6.25. The third-order valence-corrected chi connectivity index (χ3v) is 4.30. The molecule has 1 aromatic carbocycles. The lowest BCUT2D eigenvalue weighted by molar-refractivity contribution is -0.133. The summed E-state index contributed by atoms with van der Waals surface area (Å²) in [5.41, 5.74) is 5.45. The molecule has 0 bridgehead atoms. The molecule has 1 fully saturated rings. The van der Waals surface area contributed by atoms with Gasteiger partial charge >= 0.3 is 0 Å². The molecule has 0 saturated carbocycles. The van der Waals surface area contributed by atoms with Crippen molar-refractivity contribution in [3.05, 3.63) is 35.9 Å². The first-order valence-electron chi connectivity index (χ1n) is 8.43. The van der Waals surface area contributed by atoms with E-state index in [0.717, 1.165) is 19.4 Å². The number of aryl methyl sites for hydroxylation is 1.